The molecule has 1 aromatic heterocycles. The third kappa shape index (κ3) is 3.64. The number of thioether (sulfide) groups is 1. The Bertz CT molecular complexity index is 610. The lowest BCUT2D eigenvalue weighted by molar-refractivity contribution is 0.101. The van der Waals surface area contributed by atoms with Crippen LogP contribution in [0.5, 0.6) is 0 Å². The summed E-state index contributed by atoms with van der Waals surface area (Å²) in [5.41, 5.74) is 1.71. The average Bonchev–Trinajstić information content (AvgIpc) is 2.78. The van der Waals surface area contributed by atoms with Crippen LogP contribution in [-0.2, 0) is 6.54 Å². The molecular formula is C15H17ClN2OS. The summed E-state index contributed by atoms with van der Waals surface area (Å²) in [5.74, 6) is 0.394. The third-order valence-electron chi connectivity index (χ3n) is 2.85. The second kappa shape index (κ2) is 6.95. The van der Waals surface area contributed by atoms with E-state index >= 15 is 0 Å². The van der Waals surface area contributed by atoms with Crippen LogP contribution in [-0.4, -0.2) is 21.3 Å². The zero-order chi connectivity index (χ0) is 14.5. The largest absolute Gasteiger partial charge is 0.291 e. The number of carbonyl (C=O) groups is 1. The summed E-state index contributed by atoms with van der Waals surface area (Å²) >= 11 is 7.60. The van der Waals surface area contributed by atoms with Crippen molar-refractivity contribution in [1.82, 2.24) is 9.78 Å². The van der Waals surface area contributed by atoms with Crippen molar-refractivity contribution in [1.29, 1.82) is 0 Å². The van der Waals surface area contributed by atoms with Crippen molar-refractivity contribution in [2.24, 2.45) is 0 Å². The summed E-state index contributed by atoms with van der Waals surface area (Å²) in [7, 11) is 0. The molecule has 0 aliphatic heterocycles. The van der Waals surface area contributed by atoms with Crippen molar-refractivity contribution in [2.75, 3.05) is 5.75 Å². The van der Waals surface area contributed by atoms with Gasteiger partial charge in [0.25, 0.3) is 0 Å². The molecule has 0 bridgehead atoms. The lowest BCUT2D eigenvalue weighted by atomic mass is 10.2. The van der Waals surface area contributed by atoms with Gasteiger partial charge >= 0.3 is 0 Å². The number of benzene rings is 1. The van der Waals surface area contributed by atoms with Crippen LogP contribution in [0, 0.1) is 6.92 Å². The van der Waals surface area contributed by atoms with Gasteiger partial charge in [0.2, 0.25) is 0 Å². The maximum Gasteiger partial charge on any atom is 0.192 e. The van der Waals surface area contributed by atoms with E-state index in [0.717, 1.165) is 11.3 Å². The molecule has 20 heavy (non-hydrogen) atoms. The van der Waals surface area contributed by atoms with Crippen LogP contribution >= 0.6 is 23.4 Å². The van der Waals surface area contributed by atoms with Gasteiger partial charge < -0.3 is 0 Å². The van der Waals surface area contributed by atoms with Crippen molar-refractivity contribution in [2.45, 2.75) is 31.7 Å². The molecule has 0 aliphatic rings. The van der Waals surface area contributed by atoms with Gasteiger partial charge in [-0.3, -0.25) is 9.48 Å². The van der Waals surface area contributed by atoms with Crippen LogP contribution in [0.15, 0.2) is 35.4 Å². The first-order valence-electron chi connectivity index (χ1n) is 6.55. The van der Waals surface area contributed by atoms with Crippen molar-refractivity contribution in [3.8, 4) is 0 Å². The first kappa shape index (κ1) is 15.1. The monoisotopic (exact) mass is 308 g/mol. The normalized spacial score (nSPS) is 10.8. The van der Waals surface area contributed by atoms with Gasteiger partial charge in [-0.05, 0) is 25.5 Å². The molecule has 5 heteroatoms. The number of rotatable bonds is 6. The predicted molar refractivity (Wildman–Crippen MR) is 83.8 cm³/mol. The highest BCUT2D eigenvalue weighted by Crippen LogP contribution is 2.23. The van der Waals surface area contributed by atoms with Crippen molar-refractivity contribution < 1.29 is 4.79 Å². The summed E-state index contributed by atoms with van der Waals surface area (Å²) in [5, 5.41) is 4.59. The maximum atomic E-state index is 12.3. The standard InChI is InChI=1S/C15H17ClN2OS/c1-3-7-18-15(13(16)9-17-18)14(19)10-20-12-6-4-5-11(2)8-12/h4-6,8-9H,3,7,10H2,1-2H3. The van der Waals surface area contributed by atoms with Crippen molar-refractivity contribution >= 4 is 29.1 Å². The first-order valence-corrected chi connectivity index (χ1v) is 7.92. The van der Waals surface area contributed by atoms with Crippen molar-refractivity contribution in [3.05, 3.63) is 46.7 Å². The highest BCUT2D eigenvalue weighted by Gasteiger charge is 2.17. The topological polar surface area (TPSA) is 34.9 Å². The maximum absolute atomic E-state index is 12.3. The molecule has 0 N–H and O–H groups in total. The van der Waals surface area contributed by atoms with Gasteiger partial charge in [-0.1, -0.05) is 36.2 Å². The summed E-state index contributed by atoms with van der Waals surface area (Å²) < 4.78 is 1.70. The van der Waals surface area contributed by atoms with Crippen LogP contribution in [0.25, 0.3) is 0 Å². The number of hydrogen-bond acceptors (Lipinski definition) is 3. The second-order valence-electron chi connectivity index (χ2n) is 4.59. The molecular weight excluding hydrogens is 292 g/mol. The Balaban J connectivity index is 2.07. The molecule has 0 saturated heterocycles. The summed E-state index contributed by atoms with van der Waals surface area (Å²) in [6.07, 6.45) is 2.46. The van der Waals surface area contributed by atoms with E-state index in [2.05, 4.69) is 11.2 Å². The number of aryl methyl sites for hydroxylation is 2. The Morgan fingerprint density at radius 3 is 2.95 bits per heavy atom. The summed E-state index contributed by atoms with van der Waals surface area (Å²) in [6, 6.07) is 8.12. The van der Waals surface area contributed by atoms with E-state index in [0.29, 0.717) is 23.0 Å². The van der Waals surface area contributed by atoms with Crippen LogP contribution in [0.2, 0.25) is 5.02 Å². The number of carbonyl (C=O) groups excluding carboxylic acids is 1. The number of halogens is 1. The van der Waals surface area contributed by atoms with Gasteiger partial charge in [-0.2, -0.15) is 5.10 Å². The fraction of sp³-hybridized carbons (Fsp3) is 0.333. The molecule has 106 valence electrons. The molecule has 0 unspecified atom stereocenters. The summed E-state index contributed by atoms with van der Waals surface area (Å²) in [6.45, 7) is 4.80. The van der Waals surface area contributed by atoms with E-state index in [9.17, 15) is 4.79 Å². The SMILES string of the molecule is CCCn1ncc(Cl)c1C(=O)CSc1cccc(C)c1. The molecule has 0 aliphatic carbocycles. The zero-order valence-corrected chi connectivity index (χ0v) is 13.2. The highest BCUT2D eigenvalue weighted by molar-refractivity contribution is 8.00. The minimum Gasteiger partial charge on any atom is -0.291 e. The molecule has 0 spiro atoms. The molecule has 0 radical (unpaired) electrons. The first-order chi connectivity index (χ1) is 9.61. The van der Waals surface area contributed by atoms with Crippen LogP contribution in [0.4, 0.5) is 0 Å². The number of Topliss-reactive ketones (excluding diaryl/α,β-unsaturated/α-hetero) is 1. The quantitative estimate of drug-likeness (QED) is 0.591. The van der Waals surface area contributed by atoms with Gasteiger partial charge in [-0.25, -0.2) is 0 Å². The Kier molecular flexibility index (Phi) is 5.26. The number of ketones is 1. The van der Waals surface area contributed by atoms with E-state index in [4.69, 9.17) is 11.6 Å². The molecule has 0 amide bonds. The van der Waals surface area contributed by atoms with E-state index in [-0.39, 0.29) is 5.78 Å². The van der Waals surface area contributed by atoms with Gasteiger partial charge in [-0.15, -0.1) is 11.8 Å². The molecule has 2 aromatic rings. The molecule has 0 fully saturated rings. The highest BCUT2D eigenvalue weighted by atomic mass is 35.5. The zero-order valence-electron chi connectivity index (χ0n) is 11.6. The average molecular weight is 309 g/mol. The van der Waals surface area contributed by atoms with Gasteiger partial charge in [0.1, 0.15) is 5.69 Å². The van der Waals surface area contributed by atoms with E-state index in [1.807, 2.05) is 32.0 Å². The van der Waals surface area contributed by atoms with E-state index in [1.165, 1.54) is 17.3 Å². The molecule has 0 atom stereocenters. The minimum absolute atomic E-state index is 0.0208. The smallest absolute Gasteiger partial charge is 0.192 e. The van der Waals surface area contributed by atoms with Crippen LogP contribution in [0.1, 0.15) is 29.4 Å². The Hall–Kier alpha value is -1.26. The number of aromatic nitrogens is 2. The molecule has 0 saturated carbocycles. The van der Waals surface area contributed by atoms with Gasteiger partial charge in [0.15, 0.2) is 5.78 Å². The molecule has 1 heterocycles. The predicted octanol–water partition coefficient (Wildman–Crippen LogP) is 4.23. The Morgan fingerprint density at radius 1 is 1.45 bits per heavy atom. The Morgan fingerprint density at radius 2 is 2.25 bits per heavy atom. The van der Waals surface area contributed by atoms with Gasteiger partial charge in [0, 0.05) is 11.4 Å². The number of hydrogen-bond donors (Lipinski definition) is 0. The second-order valence-corrected chi connectivity index (χ2v) is 6.05. The molecule has 3 nitrogen and oxygen atoms in total. The third-order valence-corrected chi connectivity index (χ3v) is 4.12. The van der Waals surface area contributed by atoms with Gasteiger partial charge in [0.05, 0.1) is 17.0 Å². The van der Waals surface area contributed by atoms with E-state index in [1.54, 1.807) is 10.9 Å². The number of nitrogens with zero attached hydrogens (tertiary/aromatic N) is 2. The lowest BCUT2D eigenvalue weighted by Gasteiger charge is -2.06. The van der Waals surface area contributed by atoms with Crippen LogP contribution in [0.3, 0.4) is 0 Å². The van der Waals surface area contributed by atoms with Crippen LogP contribution < -0.4 is 0 Å². The molecule has 2 rings (SSSR count). The fourth-order valence-corrected chi connectivity index (χ4v) is 3.07. The van der Waals surface area contributed by atoms with Crippen molar-refractivity contribution in [3.63, 3.8) is 0 Å². The summed E-state index contributed by atoms with van der Waals surface area (Å²) in [4.78, 5) is 13.4. The lowest BCUT2D eigenvalue weighted by Crippen LogP contribution is -2.12. The fourth-order valence-electron chi connectivity index (χ4n) is 1.94. The molecule has 1 aromatic carbocycles. The Labute approximate surface area is 128 Å². The van der Waals surface area contributed by atoms with E-state index < -0.39 is 0 Å². The minimum atomic E-state index is 0.0208.